The van der Waals surface area contributed by atoms with Gasteiger partial charge >= 0.3 is 5.97 Å². The van der Waals surface area contributed by atoms with E-state index in [0.29, 0.717) is 23.5 Å². The number of phenolic OH excluding ortho intramolecular Hbond substituents is 1. The molecule has 1 aromatic carbocycles. The number of carboxylic acids is 1. The Labute approximate surface area is 166 Å². The summed E-state index contributed by atoms with van der Waals surface area (Å²) >= 11 is 0. The van der Waals surface area contributed by atoms with Crippen LogP contribution in [0.4, 0.5) is 0 Å². The molecule has 0 aromatic heterocycles. The first-order chi connectivity index (χ1) is 13.6. The van der Waals surface area contributed by atoms with Crippen LogP contribution in [0.2, 0.25) is 0 Å². The van der Waals surface area contributed by atoms with E-state index in [2.05, 4.69) is 30.4 Å². The zero-order valence-electron chi connectivity index (χ0n) is 16.0. The van der Waals surface area contributed by atoms with Crippen LogP contribution in [0.15, 0.2) is 60.7 Å². The Hall–Kier alpha value is -2.29. The van der Waals surface area contributed by atoms with Crippen molar-refractivity contribution in [2.45, 2.75) is 25.7 Å². The van der Waals surface area contributed by atoms with Gasteiger partial charge in [0.15, 0.2) is 0 Å². The number of allylic oxidation sites excluding steroid dienone is 5. The standard InChI is InChI=1S/C25H28O3/c26-17-9-6-15(7-10-17)4-2-1-3-5-18-19-12-13-20-21(25(27)28)11-8-16-14-22(18)24(19)23(16)20/h1-2,6-13,16,18-24,26H,3-5,14H2,(H,27,28)/b2-1+/t16-,18-,19-,20+,21-,22+,23-,24-/m1/s1. The first-order valence-corrected chi connectivity index (χ1v) is 10.7. The van der Waals surface area contributed by atoms with Gasteiger partial charge in [0.1, 0.15) is 5.75 Å². The van der Waals surface area contributed by atoms with E-state index in [9.17, 15) is 15.0 Å². The highest BCUT2D eigenvalue weighted by molar-refractivity contribution is 5.73. The van der Waals surface area contributed by atoms with E-state index in [1.165, 1.54) is 18.4 Å². The van der Waals surface area contributed by atoms with Crippen molar-refractivity contribution in [1.29, 1.82) is 0 Å². The number of hydrogen-bond acceptors (Lipinski definition) is 2. The second-order valence-corrected chi connectivity index (χ2v) is 9.09. The summed E-state index contributed by atoms with van der Waals surface area (Å²) < 4.78 is 0. The van der Waals surface area contributed by atoms with E-state index in [4.69, 9.17) is 0 Å². The average Bonchev–Trinajstić information content (AvgIpc) is 3.03. The summed E-state index contributed by atoms with van der Waals surface area (Å²) in [7, 11) is 0. The summed E-state index contributed by atoms with van der Waals surface area (Å²) in [5.74, 6) is 3.64. The van der Waals surface area contributed by atoms with Crippen LogP contribution in [0.5, 0.6) is 5.75 Å². The lowest BCUT2D eigenvalue weighted by Gasteiger charge is -2.54. The fourth-order valence-corrected chi connectivity index (χ4v) is 6.69. The molecule has 2 fully saturated rings. The molecule has 0 saturated heterocycles. The number of phenols is 1. The van der Waals surface area contributed by atoms with Gasteiger partial charge in [0.2, 0.25) is 0 Å². The van der Waals surface area contributed by atoms with Crippen LogP contribution < -0.4 is 0 Å². The van der Waals surface area contributed by atoms with Crippen molar-refractivity contribution in [1.82, 2.24) is 0 Å². The fraction of sp³-hybridized carbons (Fsp3) is 0.480. The largest absolute Gasteiger partial charge is 0.508 e. The van der Waals surface area contributed by atoms with Crippen molar-refractivity contribution in [3.63, 3.8) is 0 Å². The third-order valence-corrected chi connectivity index (χ3v) is 7.86. The summed E-state index contributed by atoms with van der Waals surface area (Å²) in [6, 6.07) is 7.42. The summed E-state index contributed by atoms with van der Waals surface area (Å²) in [4.78, 5) is 11.6. The van der Waals surface area contributed by atoms with E-state index in [1.54, 1.807) is 12.1 Å². The molecule has 0 radical (unpaired) electrons. The molecule has 0 amide bonds. The maximum atomic E-state index is 11.6. The third kappa shape index (κ3) is 2.83. The van der Waals surface area contributed by atoms with E-state index >= 15 is 0 Å². The smallest absolute Gasteiger partial charge is 0.310 e. The van der Waals surface area contributed by atoms with Crippen LogP contribution in [0.3, 0.4) is 0 Å². The number of hydrogen-bond donors (Lipinski definition) is 2. The summed E-state index contributed by atoms with van der Waals surface area (Å²) in [6.07, 6.45) is 17.9. The normalized spacial score (nSPS) is 39.7. The highest BCUT2D eigenvalue weighted by Crippen LogP contribution is 2.67. The maximum Gasteiger partial charge on any atom is 0.310 e. The first-order valence-electron chi connectivity index (χ1n) is 10.7. The third-order valence-electron chi connectivity index (χ3n) is 7.86. The second-order valence-electron chi connectivity index (χ2n) is 9.09. The van der Waals surface area contributed by atoms with Gasteiger partial charge in [0.05, 0.1) is 5.92 Å². The lowest BCUT2D eigenvalue weighted by Crippen LogP contribution is -2.50. The predicted molar refractivity (Wildman–Crippen MR) is 109 cm³/mol. The van der Waals surface area contributed by atoms with Gasteiger partial charge in [-0.3, -0.25) is 4.79 Å². The lowest BCUT2D eigenvalue weighted by atomic mass is 9.50. The van der Waals surface area contributed by atoms with Gasteiger partial charge in [-0.05, 0) is 84.8 Å². The molecule has 2 N–H and O–H groups in total. The van der Waals surface area contributed by atoms with Crippen molar-refractivity contribution in [2.24, 2.45) is 47.3 Å². The molecule has 0 unspecified atom stereocenters. The van der Waals surface area contributed by atoms with Gasteiger partial charge in [-0.1, -0.05) is 48.6 Å². The summed E-state index contributed by atoms with van der Waals surface area (Å²) in [5.41, 5.74) is 1.22. The van der Waals surface area contributed by atoms with Gasteiger partial charge in [0, 0.05) is 0 Å². The molecule has 0 spiro atoms. The quantitative estimate of drug-likeness (QED) is 0.698. The molecule has 0 bridgehead atoms. The van der Waals surface area contributed by atoms with E-state index in [0.717, 1.165) is 30.6 Å². The van der Waals surface area contributed by atoms with Crippen LogP contribution in [0, 0.1) is 47.3 Å². The van der Waals surface area contributed by atoms with Crippen LogP contribution in [-0.4, -0.2) is 16.2 Å². The summed E-state index contributed by atoms with van der Waals surface area (Å²) in [5, 5.41) is 18.9. The topological polar surface area (TPSA) is 57.5 Å². The predicted octanol–water partition coefficient (Wildman–Crippen LogP) is 4.84. The minimum atomic E-state index is -0.666. The van der Waals surface area contributed by atoms with Crippen LogP contribution >= 0.6 is 0 Å². The van der Waals surface area contributed by atoms with Crippen molar-refractivity contribution in [2.75, 3.05) is 0 Å². The van der Waals surface area contributed by atoms with Crippen LogP contribution in [-0.2, 0) is 11.2 Å². The SMILES string of the molecule is O=C(O)[C@@H]1C=C[C@@H]2C[C@H]3[C@H](CC/C=C/Cc4ccc(O)cc4)[C@H]4C=C[C@@H]1[C@@H]2[C@H]43. The fourth-order valence-electron chi connectivity index (χ4n) is 6.69. The molecular weight excluding hydrogens is 348 g/mol. The molecule has 2 saturated carbocycles. The van der Waals surface area contributed by atoms with Crippen molar-refractivity contribution < 1.29 is 15.0 Å². The minimum Gasteiger partial charge on any atom is -0.508 e. The number of benzene rings is 1. The number of rotatable bonds is 6. The molecule has 28 heavy (non-hydrogen) atoms. The van der Waals surface area contributed by atoms with Crippen LogP contribution in [0.25, 0.3) is 0 Å². The van der Waals surface area contributed by atoms with Gasteiger partial charge in [0.25, 0.3) is 0 Å². The monoisotopic (exact) mass is 376 g/mol. The van der Waals surface area contributed by atoms with Gasteiger partial charge < -0.3 is 10.2 Å². The van der Waals surface area contributed by atoms with Crippen LogP contribution in [0.1, 0.15) is 24.8 Å². The molecule has 4 aliphatic rings. The molecule has 1 aromatic rings. The Kier molecular flexibility index (Phi) is 4.41. The number of carboxylic acid groups (broad SMARTS) is 1. The van der Waals surface area contributed by atoms with Crippen molar-refractivity contribution in [3.8, 4) is 5.75 Å². The van der Waals surface area contributed by atoms with Crippen molar-refractivity contribution >= 4 is 5.97 Å². The first kappa shape index (κ1) is 17.8. The Balaban J connectivity index is 1.19. The zero-order chi connectivity index (χ0) is 19.3. The zero-order valence-corrected chi connectivity index (χ0v) is 16.0. The molecule has 0 heterocycles. The molecule has 146 valence electrons. The Morgan fingerprint density at radius 3 is 2.57 bits per heavy atom. The highest BCUT2D eigenvalue weighted by Gasteiger charge is 2.62. The lowest BCUT2D eigenvalue weighted by molar-refractivity contribution is -0.143. The molecule has 0 aliphatic heterocycles. The Morgan fingerprint density at radius 2 is 1.79 bits per heavy atom. The molecule has 3 nitrogen and oxygen atoms in total. The number of carbonyl (C=O) groups is 1. The van der Waals surface area contributed by atoms with Gasteiger partial charge in [-0.25, -0.2) is 0 Å². The summed E-state index contributed by atoms with van der Waals surface area (Å²) in [6.45, 7) is 0. The Bertz CT molecular complexity index is 834. The average molecular weight is 376 g/mol. The van der Waals surface area contributed by atoms with Gasteiger partial charge in [-0.15, -0.1) is 0 Å². The van der Waals surface area contributed by atoms with E-state index in [-0.39, 0.29) is 11.8 Å². The van der Waals surface area contributed by atoms with Crippen molar-refractivity contribution in [3.05, 3.63) is 66.3 Å². The second kappa shape index (κ2) is 6.95. The number of aliphatic carboxylic acids is 1. The molecule has 5 rings (SSSR count). The molecule has 4 aliphatic carbocycles. The number of aromatic hydroxyl groups is 1. The molecule has 8 atom stereocenters. The van der Waals surface area contributed by atoms with Gasteiger partial charge in [-0.2, -0.15) is 0 Å². The van der Waals surface area contributed by atoms with E-state index in [1.807, 2.05) is 18.2 Å². The minimum absolute atomic E-state index is 0.213. The maximum absolute atomic E-state index is 11.6. The molecule has 3 heteroatoms. The molecular formula is C25H28O3. The van der Waals surface area contributed by atoms with E-state index < -0.39 is 5.97 Å². The Morgan fingerprint density at radius 1 is 1.00 bits per heavy atom. The highest BCUT2D eigenvalue weighted by atomic mass is 16.4.